The van der Waals surface area contributed by atoms with Crippen LogP contribution in [-0.2, 0) is 6.54 Å². The number of hydrogen-bond donors (Lipinski definition) is 1. The summed E-state index contributed by atoms with van der Waals surface area (Å²) in [5.74, 6) is 0.977. The van der Waals surface area contributed by atoms with Gasteiger partial charge in [0.25, 0.3) is 0 Å². The lowest BCUT2D eigenvalue weighted by atomic mass is 10.2. The van der Waals surface area contributed by atoms with Crippen LogP contribution in [0, 0.1) is 0 Å². The minimum Gasteiger partial charge on any atom is -0.368 e. The summed E-state index contributed by atoms with van der Waals surface area (Å²) < 4.78 is 1.92. The van der Waals surface area contributed by atoms with E-state index >= 15 is 0 Å². The molecule has 0 aliphatic carbocycles. The molecule has 0 atom stereocenters. The predicted molar refractivity (Wildman–Crippen MR) is 93.8 cm³/mol. The van der Waals surface area contributed by atoms with Gasteiger partial charge in [0, 0.05) is 57.9 Å². The normalized spacial score (nSPS) is 15.8. The summed E-state index contributed by atoms with van der Waals surface area (Å²) in [6.45, 7) is 5.67. The first-order valence-corrected chi connectivity index (χ1v) is 8.10. The Morgan fingerprint density at radius 3 is 2.57 bits per heavy atom. The van der Waals surface area contributed by atoms with Crippen LogP contribution < -0.4 is 10.2 Å². The molecular formula is C17H24N6. The third-order valence-electron chi connectivity index (χ3n) is 4.10. The molecule has 1 aromatic heterocycles. The number of guanidine groups is 1. The second-order valence-corrected chi connectivity index (χ2v) is 5.55. The predicted octanol–water partition coefficient (Wildman–Crippen LogP) is 1.28. The van der Waals surface area contributed by atoms with Gasteiger partial charge in [-0.05, 0) is 18.2 Å². The number of hydrogen-bond acceptors (Lipinski definition) is 3. The van der Waals surface area contributed by atoms with E-state index in [1.807, 2.05) is 24.0 Å². The van der Waals surface area contributed by atoms with Crippen LogP contribution in [0.4, 0.5) is 5.69 Å². The summed E-state index contributed by atoms with van der Waals surface area (Å²) in [7, 11) is 1.85. The van der Waals surface area contributed by atoms with Crippen molar-refractivity contribution in [1.82, 2.24) is 20.0 Å². The summed E-state index contributed by atoms with van der Waals surface area (Å²) in [5.41, 5.74) is 1.30. The van der Waals surface area contributed by atoms with E-state index in [9.17, 15) is 0 Å². The number of aliphatic imine (C=N–C) groups is 1. The molecule has 23 heavy (non-hydrogen) atoms. The number of nitrogens with one attached hydrogen (secondary N) is 1. The fourth-order valence-electron chi connectivity index (χ4n) is 2.86. The summed E-state index contributed by atoms with van der Waals surface area (Å²) in [6.07, 6.45) is 3.78. The first-order valence-electron chi connectivity index (χ1n) is 8.10. The standard InChI is InChI=1S/C17H24N6/c1-18-17(19-9-11-23-10-5-8-20-23)22-14-12-21(13-15-22)16-6-3-2-4-7-16/h2-8,10H,9,11-15H2,1H3,(H,18,19). The first kappa shape index (κ1) is 15.4. The van der Waals surface area contributed by atoms with E-state index in [-0.39, 0.29) is 0 Å². The Kier molecular flexibility index (Phi) is 5.13. The number of anilines is 1. The summed E-state index contributed by atoms with van der Waals surface area (Å²) >= 11 is 0. The average Bonchev–Trinajstić information content (AvgIpc) is 3.13. The number of rotatable bonds is 4. The molecule has 3 rings (SSSR count). The smallest absolute Gasteiger partial charge is 0.193 e. The van der Waals surface area contributed by atoms with Crippen LogP contribution in [0.5, 0.6) is 0 Å². The van der Waals surface area contributed by atoms with E-state index in [1.54, 1.807) is 6.20 Å². The second kappa shape index (κ2) is 7.67. The molecule has 1 aliphatic heterocycles. The van der Waals surface area contributed by atoms with Crippen LogP contribution in [0.25, 0.3) is 0 Å². The zero-order chi connectivity index (χ0) is 15.9. The molecule has 122 valence electrons. The molecule has 6 nitrogen and oxygen atoms in total. The van der Waals surface area contributed by atoms with Gasteiger partial charge in [-0.3, -0.25) is 9.67 Å². The van der Waals surface area contributed by atoms with E-state index in [0.29, 0.717) is 0 Å². The molecule has 6 heteroatoms. The minimum absolute atomic E-state index is 0.827. The van der Waals surface area contributed by atoms with Gasteiger partial charge in [-0.2, -0.15) is 5.10 Å². The molecule has 1 fully saturated rings. The maximum atomic E-state index is 4.41. The zero-order valence-corrected chi connectivity index (χ0v) is 13.6. The molecule has 2 heterocycles. The molecule has 0 amide bonds. The molecule has 0 unspecified atom stereocenters. The van der Waals surface area contributed by atoms with Gasteiger partial charge in [0.2, 0.25) is 0 Å². The van der Waals surface area contributed by atoms with Gasteiger partial charge >= 0.3 is 0 Å². The quantitative estimate of drug-likeness (QED) is 0.682. The topological polar surface area (TPSA) is 48.7 Å². The van der Waals surface area contributed by atoms with Crippen LogP contribution in [0.1, 0.15) is 0 Å². The molecule has 2 aromatic rings. The third kappa shape index (κ3) is 4.03. The van der Waals surface area contributed by atoms with E-state index in [4.69, 9.17) is 0 Å². The lowest BCUT2D eigenvalue weighted by Crippen LogP contribution is -2.52. The lowest BCUT2D eigenvalue weighted by Gasteiger charge is -2.37. The molecule has 0 spiro atoms. The maximum absolute atomic E-state index is 4.41. The number of benzene rings is 1. The fraction of sp³-hybridized carbons (Fsp3) is 0.412. The average molecular weight is 312 g/mol. The van der Waals surface area contributed by atoms with Gasteiger partial charge in [-0.25, -0.2) is 0 Å². The molecule has 1 aromatic carbocycles. The number of nitrogens with zero attached hydrogens (tertiary/aromatic N) is 5. The summed E-state index contributed by atoms with van der Waals surface area (Å²) in [6, 6.07) is 12.5. The monoisotopic (exact) mass is 312 g/mol. The first-order chi connectivity index (χ1) is 11.4. The van der Waals surface area contributed by atoms with Crippen LogP contribution in [0.15, 0.2) is 53.8 Å². The third-order valence-corrected chi connectivity index (χ3v) is 4.10. The van der Waals surface area contributed by atoms with Crippen molar-refractivity contribution in [1.29, 1.82) is 0 Å². The van der Waals surface area contributed by atoms with Gasteiger partial charge in [0.15, 0.2) is 5.96 Å². The number of para-hydroxylation sites is 1. The number of aromatic nitrogens is 2. The van der Waals surface area contributed by atoms with E-state index in [0.717, 1.165) is 45.2 Å². The SMILES string of the molecule is CN=C(NCCn1cccn1)N1CCN(c2ccccc2)CC1. The van der Waals surface area contributed by atoms with Crippen molar-refractivity contribution in [2.45, 2.75) is 6.54 Å². The van der Waals surface area contributed by atoms with Crippen molar-refractivity contribution in [2.24, 2.45) is 4.99 Å². The Bertz CT molecular complexity index is 599. The Hall–Kier alpha value is -2.50. The van der Waals surface area contributed by atoms with Gasteiger partial charge < -0.3 is 15.1 Å². The summed E-state index contributed by atoms with van der Waals surface area (Å²) in [5, 5.41) is 7.64. The van der Waals surface area contributed by atoms with Gasteiger partial charge in [-0.1, -0.05) is 18.2 Å². The molecule has 1 aliphatic rings. The van der Waals surface area contributed by atoms with Crippen LogP contribution in [-0.4, -0.2) is 60.4 Å². The molecule has 0 bridgehead atoms. The zero-order valence-electron chi connectivity index (χ0n) is 13.6. The van der Waals surface area contributed by atoms with Gasteiger partial charge in [-0.15, -0.1) is 0 Å². The van der Waals surface area contributed by atoms with Crippen LogP contribution in [0.2, 0.25) is 0 Å². The molecule has 0 radical (unpaired) electrons. The molecule has 1 saturated heterocycles. The largest absolute Gasteiger partial charge is 0.368 e. The highest BCUT2D eigenvalue weighted by Gasteiger charge is 2.19. The molecular weight excluding hydrogens is 288 g/mol. The van der Waals surface area contributed by atoms with Crippen molar-refractivity contribution >= 4 is 11.6 Å². The van der Waals surface area contributed by atoms with Crippen molar-refractivity contribution in [2.75, 3.05) is 44.7 Å². The molecule has 0 saturated carbocycles. The Balaban J connectivity index is 1.47. The van der Waals surface area contributed by atoms with E-state index in [2.05, 4.69) is 55.5 Å². The summed E-state index contributed by atoms with van der Waals surface area (Å²) in [4.78, 5) is 9.16. The lowest BCUT2D eigenvalue weighted by molar-refractivity contribution is 0.371. The van der Waals surface area contributed by atoms with Crippen molar-refractivity contribution in [3.05, 3.63) is 48.8 Å². The fourth-order valence-corrected chi connectivity index (χ4v) is 2.86. The second-order valence-electron chi connectivity index (χ2n) is 5.55. The highest BCUT2D eigenvalue weighted by molar-refractivity contribution is 5.80. The van der Waals surface area contributed by atoms with Crippen molar-refractivity contribution < 1.29 is 0 Å². The highest BCUT2D eigenvalue weighted by atomic mass is 15.4. The van der Waals surface area contributed by atoms with Crippen LogP contribution in [0.3, 0.4) is 0 Å². The van der Waals surface area contributed by atoms with Crippen molar-refractivity contribution in [3.63, 3.8) is 0 Å². The maximum Gasteiger partial charge on any atom is 0.193 e. The van der Waals surface area contributed by atoms with Crippen LogP contribution >= 0.6 is 0 Å². The Labute approximate surface area is 137 Å². The molecule has 1 N–H and O–H groups in total. The number of piperazine rings is 1. The Morgan fingerprint density at radius 1 is 1.13 bits per heavy atom. The highest BCUT2D eigenvalue weighted by Crippen LogP contribution is 2.15. The van der Waals surface area contributed by atoms with Gasteiger partial charge in [0.1, 0.15) is 0 Å². The van der Waals surface area contributed by atoms with E-state index < -0.39 is 0 Å². The minimum atomic E-state index is 0.827. The van der Waals surface area contributed by atoms with Gasteiger partial charge in [0.05, 0.1) is 6.54 Å². The Morgan fingerprint density at radius 2 is 1.91 bits per heavy atom. The van der Waals surface area contributed by atoms with E-state index in [1.165, 1.54) is 5.69 Å². The van der Waals surface area contributed by atoms with Crippen molar-refractivity contribution in [3.8, 4) is 0 Å².